The van der Waals surface area contributed by atoms with Crippen LogP contribution in [0.5, 0.6) is 0 Å². The van der Waals surface area contributed by atoms with E-state index in [0.29, 0.717) is 6.54 Å². The molecule has 4 rings (SSSR count). The van der Waals surface area contributed by atoms with E-state index in [2.05, 4.69) is 59.8 Å². The van der Waals surface area contributed by atoms with Crippen molar-refractivity contribution in [2.24, 2.45) is 0 Å². The van der Waals surface area contributed by atoms with Crippen molar-refractivity contribution in [3.8, 4) is 11.1 Å². The molecule has 0 saturated carbocycles. The lowest BCUT2D eigenvalue weighted by Gasteiger charge is -2.06. The van der Waals surface area contributed by atoms with Gasteiger partial charge in [0.1, 0.15) is 11.3 Å². The first-order chi connectivity index (χ1) is 11.6. The zero-order valence-electron chi connectivity index (χ0n) is 13.2. The molecule has 24 heavy (non-hydrogen) atoms. The number of nitrogens with zero attached hydrogens (tertiary/aromatic N) is 5. The van der Waals surface area contributed by atoms with Gasteiger partial charge in [-0.1, -0.05) is 5.16 Å². The summed E-state index contributed by atoms with van der Waals surface area (Å²) in [5, 5.41) is 12.2. The van der Waals surface area contributed by atoms with Gasteiger partial charge >= 0.3 is 0 Å². The lowest BCUT2D eigenvalue weighted by Crippen LogP contribution is -2.01. The maximum atomic E-state index is 5.29. The van der Waals surface area contributed by atoms with E-state index in [4.69, 9.17) is 4.52 Å². The second-order valence-corrected chi connectivity index (χ2v) is 6.77. The minimum Gasteiger partial charge on any atom is -0.361 e. The summed E-state index contributed by atoms with van der Waals surface area (Å²) in [5.41, 5.74) is 5.83. The molecule has 4 heterocycles. The van der Waals surface area contributed by atoms with Gasteiger partial charge in [-0.2, -0.15) is 10.2 Å². The summed E-state index contributed by atoms with van der Waals surface area (Å²) in [5.74, 6) is 0.801. The van der Waals surface area contributed by atoms with Crippen molar-refractivity contribution in [3.05, 3.63) is 57.5 Å². The zero-order chi connectivity index (χ0) is 16.7. The molecule has 0 aliphatic carbocycles. The first-order valence-electron chi connectivity index (χ1n) is 7.47. The van der Waals surface area contributed by atoms with Gasteiger partial charge < -0.3 is 9.09 Å². The summed E-state index contributed by atoms with van der Waals surface area (Å²) in [6.45, 7) is 4.51. The fraction of sp³-hybridized carbons (Fsp3) is 0.176. The number of hydrogen-bond acceptors (Lipinski definition) is 5. The topological polar surface area (TPSA) is 69.6 Å². The van der Waals surface area contributed by atoms with Crippen molar-refractivity contribution in [1.82, 2.24) is 24.9 Å². The molecule has 0 N–H and O–H groups in total. The average molecular weight is 431 g/mol. The van der Waals surface area contributed by atoms with E-state index in [1.165, 1.54) is 0 Å². The average Bonchev–Trinajstić information content (AvgIpc) is 3.08. The third kappa shape index (κ3) is 2.58. The molecule has 0 unspecified atom stereocenters. The predicted molar refractivity (Wildman–Crippen MR) is 98.6 cm³/mol. The molecule has 7 heteroatoms. The number of rotatable bonds is 3. The van der Waals surface area contributed by atoms with E-state index in [1.54, 1.807) is 6.20 Å². The minimum atomic E-state index is 0.653. The van der Waals surface area contributed by atoms with Gasteiger partial charge in [0.2, 0.25) is 0 Å². The van der Waals surface area contributed by atoms with Crippen LogP contribution >= 0.6 is 22.6 Å². The largest absolute Gasteiger partial charge is 0.361 e. The fourth-order valence-electron chi connectivity index (χ4n) is 2.88. The molecule has 6 nitrogen and oxygen atoms in total. The Labute approximate surface area is 152 Å². The normalized spacial score (nSPS) is 11.3. The van der Waals surface area contributed by atoms with Gasteiger partial charge in [0.15, 0.2) is 0 Å². The Kier molecular flexibility index (Phi) is 3.79. The summed E-state index contributed by atoms with van der Waals surface area (Å²) in [4.78, 5) is 4.65. The summed E-state index contributed by atoms with van der Waals surface area (Å²) < 4.78 is 8.55. The first-order valence-corrected chi connectivity index (χ1v) is 8.55. The molecular formula is C17H14IN5O. The van der Waals surface area contributed by atoms with Gasteiger partial charge in [-0.05, 0) is 54.6 Å². The predicted octanol–water partition coefficient (Wildman–Crippen LogP) is 3.75. The third-order valence-electron chi connectivity index (χ3n) is 3.95. The Morgan fingerprint density at radius 3 is 2.88 bits per heavy atom. The monoisotopic (exact) mass is 431 g/mol. The smallest absolute Gasteiger partial charge is 0.141 e. The van der Waals surface area contributed by atoms with Crippen LogP contribution in [-0.2, 0) is 6.54 Å². The molecule has 0 bridgehead atoms. The molecule has 4 aromatic rings. The van der Waals surface area contributed by atoms with E-state index < -0.39 is 0 Å². The zero-order valence-corrected chi connectivity index (χ0v) is 15.4. The number of hydrogen-bond donors (Lipinski definition) is 0. The van der Waals surface area contributed by atoms with Crippen molar-refractivity contribution < 1.29 is 4.52 Å². The Balaban J connectivity index is 1.85. The SMILES string of the molecule is Cc1noc(C)c1-c1cnc2c(I)cn(Cc3cccnn3)c2c1. The third-order valence-corrected chi connectivity index (χ3v) is 4.74. The number of aromatic nitrogens is 5. The van der Waals surface area contributed by atoms with Crippen molar-refractivity contribution >= 4 is 33.6 Å². The highest BCUT2D eigenvalue weighted by Gasteiger charge is 2.15. The second-order valence-electron chi connectivity index (χ2n) is 5.61. The number of halogens is 1. The molecule has 0 radical (unpaired) electrons. The highest BCUT2D eigenvalue weighted by Crippen LogP contribution is 2.30. The first kappa shape index (κ1) is 15.3. The van der Waals surface area contributed by atoms with Crippen molar-refractivity contribution in [2.45, 2.75) is 20.4 Å². The van der Waals surface area contributed by atoms with E-state index in [1.807, 2.05) is 32.2 Å². The highest BCUT2D eigenvalue weighted by molar-refractivity contribution is 14.1. The number of fused-ring (bicyclic) bond motifs is 1. The van der Waals surface area contributed by atoms with Crippen molar-refractivity contribution in [2.75, 3.05) is 0 Å². The molecule has 120 valence electrons. The molecule has 4 aromatic heterocycles. The Morgan fingerprint density at radius 1 is 1.29 bits per heavy atom. The molecule has 0 spiro atoms. The fourth-order valence-corrected chi connectivity index (χ4v) is 3.63. The highest BCUT2D eigenvalue weighted by atomic mass is 127. The van der Waals surface area contributed by atoms with Crippen molar-refractivity contribution in [1.29, 1.82) is 0 Å². The van der Waals surface area contributed by atoms with Crippen LogP contribution in [0.25, 0.3) is 22.2 Å². The number of pyridine rings is 1. The van der Waals surface area contributed by atoms with Gasteiger partial charge in [0.25, 0.3) is 0 Å². The van der Waals surface area contributed by atoms with E-state index >= 15 is 0 Å². The lowest BCUT2D eigenvalue weighted by atomic mass is 10.1. The maximum absolute atomic E-state index is 5.29. The van der Waals surface area contributed by atoms with Gasteiger partial charge in [-0.15, -0.1) is 0 Å². The summed E-state index contributed by atoms with van der Waals surface area (Å²) in [6, 6.07) is 6.00. The van der Waals surface area contributed by atoms with Crippen molar-refractivity contribution in [3.63, 3.8) is 0 Å². The van der Waals surface area contributed by atoms with E-state index in [9.17, 15) is 0 Å². The van der Waals surface area contributed by atoms with E-state index in [-0.39, 0.29) is 0 Å². The molecule has 0 saturated heterocycles. The Morgan fingerprint density at radius 2 is 2.17 bits per heavy atom. The molecule has 0 fully saturated rings. The van der Waals surface area contributed by atoms with Crippen LogP contribution in [0.4, 0.5) is 0 Å². The Bertz CT molecular complexity index is 1000. The number of aryl methyl sites for hydroxylation is 2. The molecule has 0 aliphatic heterocycles. The van der Waals surface area contributed by atoms with Crippen LogP contribution in [0.15, 0.2) is 41.3 Å². The van der Waals surface area contributed by atoms with Gasteiger partial charge in [0, 0.05) is 29.7 Å². The van der Waals surface area contributed by atoms with Crippen LogP contribution in [0.3, 0.4) is 0 Å². The molecule has 0 amide bonds. The van der Waals surface area contributed by atoms with Crippen LogP contribution in [0.2, 0.25) is 0 Å². The lowest BCUT2D eigenvalue weighted by molar-refractivity contribution is 0.393. The second kappa shape index (κ2) is 5.97. The quantitative estimate of drug-likeness (QED) is 0.463. The minimum absolute atomic E-state index is 0.653. The van der Waals surface area contributed by atoms with Gasteiger partial charge in [0.05, 0.1) is 27.0 Å². The van der Waals surface area contributed by atoms with Crippen LogP contribution in [-0.4, -0.2) is 24.9 Å². The standard InChI is InChI=1S/C17H14IN5O/c1-10-16(11(2)24-22-10)12-6-15-17(19-7-12)14(18)9-23(15)8-13-4-3-5-20-21-13/h3-7,9H,8H2,1-2H3. The summed E-state index contributed by atoms with van der Waals surface area (Å²) in [7, 11) is 0. The summed E-state index contributed by atoms with van der Waals surface area (Å²) >= 11 is 2.31. The van der Waals surface area contributed by atoms with Crippen LogP contribution < -0.4 is 0 Å². The maximum Gasteiger partial charge on any atom is 0.141 e. The van der Waals surface area contributed by atoms with Crippen LogP contribution in [0, 0.1) is 17.4 Å². The molecular weight excluding hydrogens is 417 g/mol. The molecule has 0 atom stereocenters. The summed E-state index contributed by atoms with van der Waals surface area (Å²) in [6.07, 6.45) is 5.64. The molecule has 0 aliphatic rings. The molecule has 0 aromatic carbocycles. The van der Waals surface area contributed by atoms with Gasteiger partial charge in [-0.3, -0.25) is 4.98 Å². The Hall–Kier alpha value is -2.29. The van der Waals surface area contributed by atoms with Gasteiger partial charge in [-0.25, -0.2) is 0 Å². The van der Waals surface area contributed by atoms with E-state index in [0.717, 1.165) is 42.9 Å². The van der Waals surface area contributed by atoms with Crippen LogP contribution in [0.1, 0.15) is 17.1 Å².